The predicted octanol–water partition coefficient (Wildman–Crippen LogP) is 3.32. The highest BCUT2D eigenvalue weighted by Gasteiger charge is 2.26. The largest absolute Gasteiger partial charge is 0.339 e. The Balaban J connectivity index is 1.63. The Morgan fingerprint density at radius 2 is 1.79 bits per heavy atom. The number of rotatable bonds is 8. The van der Waals surface area contributed by atoms with Crippen molar-refractivity contribution in [2.24, 2.45) is 0 Å². The second kappa shape index (κ2) is 9.55. The Hall–Kier alpha value is -2.18. The van der Waals surface area contributed by atoms with Crippen molar-refractivity contribution in [3.8, 4) is 0 Å². The summed E-state index contributed by atoms with van der Waals surface area (Å²) in [7, 11) is -2.03. The molecule has 0 spiro atoms. The number of carbonyl (C=O) groups is 1. The van der Waals surface area contributed by atoms with Crippen LogP contribution in [-0.2, 0) is 34.1 Å². The van der Waals surface area contributed by atoms with Gasteiger partial charge in [0.25, 0.3) is 0 Å². The molecular formula is C23H30N2O3S. The summed E-state index contributed by atoms with van der Waals surface area (Å²) >= 11 is 0. The van der Waals surface area contributed by atoms with Gasteiger partial charge in [-0.3, -0.25) is 4.79 Å². The van der Waals surface area contributed by atoms with E-state index in [0.29, 0.717) is 12.8 Å². The van der Waals surface area contributed by atoms with E-state index in [2.05, 4.69) is 40.8 Å². The summed E-state index contributed by atoms with van der Waals surface area (Å²) in [6, 6.07) is 15.6. The Kier molecular flexibility index (Phi) is 7.09. The van der Waals surface area contributed by atoms with Crippen LogP contribution < -0.4 is 4.72 Å². The zero-order valence-corrected chi connectivity index (χ0v) is 18.0. The van der Waals surface area contributed by atoms with E-state index in [4.69, 9.17) is 0 Å². The van der Waals surface area contributed by atoms with Crippen LogP contribution in [0.3, 0.4) is 0 Å². The van der Waals surface area contributed by atoms with Crippen LogP contribution >= 0.6 is 0 Å². The zero-order valence-electron chi connectivity index (χ0n) is 17.2. The molecule has 1 atom stereocenters. The molecule has 0 saturated heterocycles. The van der Waals surface area contributed by atoms with Crippen LogP contribution in [0.1, 0.15) is 42.9 Å². The first-order valence-corrected chi connectivity index (χ1v) is 11.8. The molecule has 3 rings (SSSR count). The van der Waals surface area contributed by atoms with Gasteiger partial charge in [0.1, 0.15) is 0 Å². The second-order valence-electron chi connectivity index (χ2n) is 7.60. The first-order valence-electron chi connectivity index (χ1n) is 10.3. The molecule has 6 heteroatoms. The first-order chi connectivity index (χ1) is 13.9. The number of hydrogen-bond acceptors (Lipinski definition) is 3. The van der Waals surface area contributed by atoms with Crippen LogP contribution in [0.25, 0.3) is 0 Å². The molecule has 5 nitrogen and oxygen atoms in total. The number of aryl methyl sites for hydroxylation is 2. The smallest absolute Gasteiger partial charge is 0.240 e. The first kappa shape index (κ1) is 21.5. The van der Waals surface area contributed by atoms with Gasteiger partial charge in [0.05, 0.1) is 4.90 Å². The summed E-state index contributed by atoms with van der Waals surface area (Å²) in [6.45, 7) is 2.89. The fraction of sp³-hybridized carbons (Fsp3) is 0.435. The Morgan fingerprint density at radius 1 is 1.10 bits per heavy atom. The number of benzene rings is 2. The minimum Gasteiger partial charge on any atom is -0.339 e. The molecule has 0 heterocycles. The maximum absolute atomic E-state index is 13.0. The van der Waals surface area contributed by atoms with Crippen LogP contribution in [0.4, 0.5) is 0 Å². The van der Waals surface area contributed by atoms with E-state index in [-0.39, 0.29) is 16.8 Å². The summed E-state index contributed by atoms with van der Waals surface area (Å²) in [5, 5.41) is 0. The molecule has 2 aromatic carbocycles. The van der Waals surface area contributed by atoms with Crippen molar-refractivity contribution in [3.05, 3.63) is 65.2 Å². The normalized spacial score (nSPS) is 16.3. The van der Waals surface area contributed by atoms with Gasteiger partial charge in [0.2, 0.25) is 15.9 Å². The number of fused-ring (bicyclic) bond motifs is 1. The number of hydrogen-bond donors (Lipinski definition) is 1. The van der Waals surface area contributed by atoms with Crippen molar-refractivity contribution >= 4 is 15.9 Å². The average molecular weight is 415 g/mol. The van der Waals surface area contributed by atoms with E-state index in [0.717, 1.165) is 37.8 Å². The SMILES string of the molecule is CCCN(C(=O)CCc1ccc(S(=O)(=O)NC)cc1)C1CCc2ccccc2C1. The number of amides is 1. The molecule has 0 bridgehead atoms. The van der Waals surface area contributed by atoms with Crippen molar-refractivity contribution < 1.29 is 13.2 Å². The minimum absolute atomic E-state index is 0.183. The summed E-state index contributed by atoms with van der Waals surface area (Å²) in [4.78, 5) is 15.3. The molecule has 0 radical (unpaired) electrons. The van der Waals surface area contributed by atoms with E-state index >= 15 is 0 Å². The van der Waals surface area contributed by atoms with Crippen LogP contribution in [0.15, 0.2) is 53.4 Å². The van der Waals surface area contributed by atoms with Gasteiger partial charge in [-0.1, -0.05) is 43.3 Å². The molecule has 0 fully saturated rings. The lowest BCUT2D eigenvalue weighted by Crippen LogP contribution is -2.44. The lowest BCUT2D eigenvalue weighted by molar-refractivity contribution is -0.133. The van der Waals surface area contributed by atoms with Crippen molar-refractivity contribution in [3.63, 3.8) is 0 Å². The molecule has 29 heavy (non-hydrogen) atoms. The Labute approximate surface area is 174 Å². The highest BCUT2D eigenvalue weighted by atomic mass is 32.2. The predicted molar refractivity (Wildman–Crippen MR) is 115 cm³/mol. The van der Waals surface area contributed by atoms with Crippen LogP contribution in [0, 0.1) is 0 Å². The number of carbonyl (C=O) groups excluding carboxylic acids is 1. The summed E-state index contributed by atoms with van der Waals surface area (Å²) < 4.78 is 26.0. The fourth-order valence-corrected chi connectivity index (χ4v) is 4.77. The number of nitrogens with zero attached hydrogens (tertiary/aromatic N) is 1. The lowest BCUT2D eigenvalue weighted by Gasteiger charge is -2.35. The topological polar surface area (TPSA) is 66.5 Å². The Morgan fingerprint density at radius 3 is 2.45 bits per heavy atom. The Bertz CT molecular complexity index is 939. The third-order valence-electron chi connectivity index (χ3n) is 5.68. The molecule has 156 valence electrons. The van der Waals surface area contributed by atoms with Gasteiger partial charge in [0.15, 0.2) is 0 Å². The third kappa shape index (κ3) is 5.25. The summed E-state index contributed by atoms with van der Waals surface area (Å²) in [5.74, 6) is 0.183. The molecule has 1 amide bonds. The second-order valence-corrected chi connectivity index (χ2v) is 9.49. The zero-order chi connectivity index (χ0) is 20.9. The summed E-state index contributed by atoms with van der Waals surface area (Å²) in [5.41, 5.74) is 3.74. The van der Waals surface area contributed by atoms with Crippen LogP contribution in [0.2, 0.25) is 0 Å². The molecule has 0 aromatic heterocycles. The molecule has 0 saturated carbocycles. The van der Waals surface area contributed by atoms with Crippen molar-refractivity contribution in [1.82, 2.24) is 9.62 Å². The van der Waals surface area contributed by atoms with Gasteiger partial charge in [-0.15, -0.1) is 0 Å². The van der Waals surface area contributed by atoms with Crippen LogP contribution in [0.5, 0.6) is 0 Å². The number of sulfonamides is 1. The van der Waals surface area contributed by atoms with Gasteiger partial charge >= 0.3 is 0 Å². The number of nitrogens with one attached hydrogen (secondary N) is 1. The fourth-order valence-electron chi connectivity index (χ4n) is 4.04. The van der Waals surface area contributed by atoms with E-state index in [1.165, 1.54) is 18.2 Å². The monoisotopic (exact) mass is 414 g/mol. The third-order valence-corrected chi connectivity index (χ3v) is 7.11. The quantitative estimate of drug-likeness (QED) is 0.721. The van der Waals surface area contributed by atoms with Gasteiger partial charge in [-0.25, -0.2) is 13.1 Å². The molecular weight excluding hydrogens is 384 g/mol. The standard InChI is InChI=1S/C23H30N2O3S/c1-3-16-25(21-12-11-19-6-4-5-7-20(19)17-21)23(26)15-10-18-8-13-22(14-9-18)29(27,28)24-2/h4-9,13-14,21,24H,3,10-12,15-17H2,1-2H3. The molecule has 2 aromatic rings. The van der Waals surface area contributed by atoms with E-state index < -0.39 is 10.0 Å². The maximum Gasteiger partial charge on any atom is 0.240 e. The van der Waals surface area contributed by atoms with E-state index in [9.17, 15) is 13.2 Å². The van der Waals surface area contributed by atoms with Crippen molar-refractivity contribution in [2.45, 2.75) is 56.4 Å². The van der Waals surface area contributed by atoms with Gasteiger partial charge in [0, 0.05) is 19.0 Å². The van der Waals surface area contributed by atoms with E-state index in [1.54, 1.807) is 24.3 Å². The average Bonchev–Trinajstić information content (AvgIpc) is 2.75. The highest BCUT2D eigenvalue weighted by molar-refractivity contribution is 7.89. The lowest BCUT2D eigenvalue weighted by atomic mass is 9.87. The minimum atomic E-state index is -3.43. The van der Waals surface area contributed by atoms with Gasteiger partial charge in [-0.05, 0) is 68.0 Å². The highest BCUT2D eigenvalue weighted by Crippen LogP contribution is 2.25. The van der Waals surface area contributed by atoms with Gasteiger partial charge in [-0.2, -0.15) is 0 Å². The molecule has 1 aliphatic carbocycles. The molecule has 1 aliphatic rings. The van der Waals surface area contributed by atoms with E-state index in [1.807, 2.05) is 0 Å². The summed E-state index contributed by atoms with van der Waals surface area (Å²) in [6.07, 6.45) is 4.96. The molecule has 1 N–H and O–H groups in total. The van der Waals surface area contributed by atoms with Gasteiger partial charge < -0.3 is 4.90 Å². The van der Waals surface area contributed by atoms with Crippen molar-refractivity contribution in [1.29, 1.82) is 0 Å². The molecule has 0 aliphatic heterocycles. The van der Waals surface area contributed by atoms with Crippen molar-refractivity contribution in [2.75, 3.05) is 13.6 Å². The maximum atomic E-state index is 13.0. The molecule has 1 unspecified atom stereocenters. The van der Waals surface area contributed by atoms with Crippen LogP contribution in [-0.4, -0.2) is 38.9 Å².